The van der Waals surface area contributed by atoms with Crippen molar-refractivity contribution in [2.75, 3.05) is 11.9 Å². The number of hydrogen-bond acceptors (Lipinski definition) is 4. The quantitative estimate of drug-likeness (QED) is 0.440. The molecule has 0 amide bonds. The molecule has 0 radical (unpaired) electrons. The maximum atomic E-state index is 8.70. The molecule has 1 unspecified atom stereocenters. The van der Waals surface area contributed by atoms with Gasteiger partial charge in [-0.3, -0.25) is 5.10 Å². The van der Waals surface area contributed by atoms with Crippen LogP contribution in [0.4, 0.5) is 5.82 Å². The van der Waals surface area contributed by atoms with Crippen molar-refractivity contribution < 1.29 is 5.11 Å². The Labute approximate surface area is 64.6 Å². The zero-order valence-electron chi connectivity index (χ0n) is 6.33. The van der Waals surface area contributed by atoms with E-state index in [9.17, 15) is 0 Å². The van der Waals surface area contributed by atoms with Crippen molar-refractivity contribution in [3.05, 3.63) is 11.8 Å². The molecule has 0 aliphatic heterocycles. The summed E-state index contributed by atoms with van der Waals surface area (Å²) in [7, 11) is 0. The molecule has 0 fully saturated rings. The highest BCUT2D eigenvalue weighted by molar-refractivity contribution is 5.34. The molecule has 11 heavy (non-hydrogen) atoms. The van der Waals surface area contributed by atoms with Crippen molar-refractivity contribution in [1.29, 1.82) is 0 Å². The molecule has 1 aromatic rings. The number of aryl methyl sites for hydroxylation is 1. The molecular formula is C6H12N4O. The Hall–Kier alpha value is -1.07. The molecule has 1 rings (SSSR count). The minimum absolute atomic E-state index is 0.310. The first-order valence-electron chi connectivity index (χ1n) is 3.38. The summed E-state index contributed by atoms with van der Waals surface area (Å²) in [4.78, 5) is 0. The number of hydrogen-bond donors (Lipinski definition) is 4. The van der Waals surface area contributed by atoms with Crippen molar-refractivity contribution in [2.24, 2.45) is 5.73 Å². The van der Waals surface area contributed by atoms with Crippen LogP contribution in [0.5, 0.6) is 0 Å². The van der Waals surface area contributed by atoms with Crippen LogP contribution < -0.4 is 11.1 Å². The lowest BCUT2D eigenvalue weighted by molar-refractivity contribution is 0.195. The fourth-order valence-electron chi connectivity index (χ4n) is 0.718. The van der Waals surface area contributed by atoms with Gasteiger partial charge >= 0.3 is 0 Å². The molecule has 0 saturated carbocycles. The van der Waals surface area contributed by atoms with E-state index in [1.165, 1.54) is 0 Å². The number of H-pyrrole nitrogens is 1. The van der Waals surface area contributed by atoms with Crippen molar-refractivity contribution >= 4 is 5.82 Å². The summed E-state index contributed by atoms with van der Waals surface area (Å²) >= 11 is 0. The third-order valence-electron chi connectivity index (χ3n) is 1.20. The zero-order chi connectivity index (χ0) is 8.27. The summed E-state index contributed by atoms with van der Waals surface area (Å²) in [5.41, 5.74) is 6.07. The topological polar surface area (TPSA) is 87.0 Å². The number of nitrogens with zero attached hydrogens (tertiary/aromatic N) is 1. The van der Waals surface area contributed by atoms with E-state index in [1.54, 1.807) is 0 Å². The van der Waals surface area contributed by atoms with Gasteiger partial charge in [0, 0.05) is 11.8 Å². The summed E-state index contributed by atoms with van der Waals surface area (Å²) < 4.78 is 0. The van der Waals surface area contributed by atoms with E-state index in [0.717, 1.165) is 5.69 Å². The molecule has 0 spiro atoms. The van der Waals surface area contributed by atoms with Gasteiger partial charge in [0.2, 0.25) is 0 Å². The van der Waals surface area contributed by atoms with Gasteiger partial charge in [-0.05, 0) is 6.92 Å². The predicted molar refractivity (Wildman–Crippen MR) is 42.0 cm³/mol. The van der Waals surface area contributed by atoms with Crippen molar-refractivity contribution in [2.45, 2.75) is 13.2 Å². The lowest BCUT2D eigenvalue weighted by Gasteiger charge is -2.03. The second kappa shape index (κ2) is 3.36. The standard InChI is InChI=1S/C6H12N4O/c1-4-2-6(10-9-4)8-3-5(7)11/h2,5,11H,3,7H2,1H3,(H2,8,9,10). The SMILES string of the molecule is Cc1cc(NCC(N)O)n[nH]1. The monoisotopic (exact) mass is 156 g/mol. The van der Waals surface area contributed by atoms with E-state index in [-0.39, 0.29) is 0 Å². The maximum absolute atomic E-state index is 8.70. The second-order valence-electron chi connectivity index (χ2n) is 2.38. The predicted octanol–water partition coefficient (Wildman–Crippen LogP) is -0.593. The van der Waals surface area contributed by atoms with Crippen LogP contribution in [-0.4, -0.2) is 28.1 Å². The molecule has 5 heteroatoms. The van der Waals surface area contributed by atoms with Gasteiger partial charge in [0.1, 0.15) is 12.0 Å². The third-order valence-corrected chi connectivity index (χ3v) is 1.20. The Morgan fingerprint density at radius 2 is 2.64 bits per heavy atom. The molecule has 0 aliphatic rings. The van der Waals surface area contributed by atoms with E-state index in [4.69, 9.17) is 10.8 Å². The summed E-state index contributed by atoms with van der Waals surface area (Å²) in [6.45, 7) is 2.21. The van der Waals surface area contributed by atoms with E-state index in [1.807, 2.05) is 13.0 Å². The van der Waals surface area contributed by atoms with E-state index in [2.05, 4.69) is 15.5 Å². The first kappa shape index (κ1) is 8.03. The minimum Gasteiger partial charge on any atom is -0.377 e. The number of anilines is 1. The highest BCUT2D eigenvalue weighted by atomic mass is 16.3. The largest absolute Gasteiger partial charge is 0.377 e. The molecule has 1 atom stereocenters. The van der Waals surface area contributed by atoms with Gasteiger partial charge in [-0.1, -0.05) is 0 Å². The average molecular weight is 156 g/mol. The smallest absolute Gasteiger partial charge is 0.148 e. The van der Waals surface area contributed by atoms with Crippen LogP contribution >= 0.6 is 0 Å². The molecule has 5 nitrogen and oxygen atoms in total. The Bertz CT molecular complexity index is 220. The van der Waals surface area contributed by atoms with Gasteiger partial charge in [-0.2, -0.15) is 5.10 Å². The van der Waals surface area contributed by atoms with Crippen LogP contribution in [0.15, 0.2) is 6.07 Å². The summed E-state index contributed by atoms with van der Waals surface area (Å²) in [5.74, 6) is 0.701. The van der Waals surface area contributed by atoms with Gasteiger partial charge in [-0.25, -0.2) is 0 Å². The Balaban J connectivity index is 2.39. The summed E-state index contributed by atoms with van der Waals surface area (Å²) in [6, 6.07) is 1.84. The Morgan fingerprint density at radius 3 is 3.09 bits per heavy atom. The first-order valence-corrected chi connectivity index (χ1v) is 3.38. The molecular weight excluding hydrogens is 144 g/mol. The number of rotatable bonds is 3. The molecule has 0 bridgehead atoms. The lowest BCUT2D eigenvalue weighted by atomic mass is 10.4. The highest BCUT2D eigenvalue weighted by Crippen LogP contribution is 2.02. The molecule has 0 saturated heterocycles. The number of aromatic amines is 1. The van der Waals surface area contributed by atoms with Crippen LogP contribution in [0.2, 0.25) is 0 Å². The van der Waals surface area contributed by atoms with E-state index >= 15 is 0 Å². The second-order valence-corrected chi connectivity index (χ2v) is 2.38. The molecule has 5 N–H and O–H groups in total. The number of aliphatic hydroxyl groups is 1. The fourth-order valence-corrected chi connectivity index (χ4v) is 0.718. The van der Waals surface area contributed by atoms with Gasteiger partial charge in [0.15, 0.2) is 0 Å². The van der Waals surface area contributed by atoms with Crippen LogP contribution in [-0.2, 0) is 0 Å². The normalized spacial score (nSPS) is 13.0. The van der Waals surface area contributed by atoms with Crippen LogP contribution in [0.25, 0.3) is 0 Å². The van der Waals surface area contributed by atoms with Crippen LogP contribution in [0.3, 0.4) is 0 Å². The average Bonchev–Trinajstić information content (AvgIpc) is 2.31. The first-order chi connectivity index (χ1) is 5.18. The Kier molecular flexibility index (Phi) is 2.45. The van der Waals surface area contributed by atoms with Gasteiger partial charge in [-0.15, -0.1) is 0 Å². The molecule has 1 aromatic heterocycles. The molecule has 62 valence electrons. The third kappa shape index (κ3) is 2.57. The van der Waals surface area contributed by atoms with Crippen LogP contribution in [0.1, 0.15) is 5.69 Å². The van der Waals surface area contributed by atoms with E-state index < -0.39 is 6.23 Å². The van der Waals surface area contributed by atoms with E-state index in [0.29, 0.717) is 12.4 Å². The maximum Gasteiger partial charge on any atom is 0.148 e. The molecule has 0 aliphatic carbocycles. The summed E-state index contributed by atoms with van der Waals surface area (Å²) in [6.07, 6.45) is -0.841. The number of nitrogens with two attached hydrogens (primary N) is 1. The molecule has 0 aromatic carbocycles. The van der Waals surface area contributed by atoms with Gasteiger partial charge < -0.3 is 16.2 Å². The lowest BCUT2D eigenvalue weighted by Crippen LogP contribution is -2.28. The van der Waals surface area contributed by atoms with Crippen molar-refractivity contribution in [3.8, 4) is 0 Å². The summed E-state index contributed by atoms with van der Waals surface area (Å²) in [5, 5.41) is 18.2. The number of aromatic nitrogens is 2. The zero-order valence-corrected chi connectivity index (χ0v) is 6.33. The highest BCUT2D eigenvalue weighted by Gasteiger charge is 1.98. The number of nitrogens with one attached hydrogen (secondary N) is 2. The van der Waals surface area contributed by atoms with Crippen molar-refractivity contribution in [1.82, 2.24) is 10.2 Å². The number of aliphatic hydroxyl groups excluding tert-OH is 1. The fraction of sp³-hybridized carbons (Fsp3) is 0.500. The van der Waals surface area contributed by atoms with Gasteiger partial charge in [0.25, 0.3) is 0 Å². The van der Waals surface area contributed by atoms with Crippen LogP contribution in [0, 0.1) is 6.92 Å². The molecule has 1 heterocycles. The van der Waals surface area contributed by atoms with Crippen molar-refractivity contribution in [3.63, 3.8) is 0 Å². The Morgan fingerprint density at radius 1 is 1.91 bits per heavy atom. The van der Waals surface area contributed by atoms with Gasteiger partial charge in [0.05, 0.1) is 6.54 Å². The minimum atomic E-state index is -0.841.